The van der Waals surface area contributed by atoms with Crippen molar-refractivity contribution in [1.82, 2.24) is 0 Å². The van der Waals surface area contributed by atoms with E-state index in [0.717, 1.165) is 5.57 Å². The van der Waals surface area contributed by atoms with Crippen LogP contribution in [0, 0.1) is 0 Å². The van der Waals surface area contributed by atoms with Gasteiger partial charge < -0.3 is 9.84 Å². The highest BCUT2D eigenvalue weighted by molar-refractivity contribution is 8.27. The molecule has 0 radical (unpaired) electrons. The first kappa shape index (κ1) is 13.9. The van der Waals surface area contributed by atoms with Crippen molar-refractivity contribution in [2.24, 2.45) is 0 Å². The largest absolute Gasteiger partial charge is 0.388 e. The van der Waals surface area contributed by atoms with E-state index in [0.29, 0.717) is 6.61 Å². The van der Waals surface area contributed by atoms with Gasteiger partial charge in [-0.05, 0) is 6.92 Å². The molecule has 0 aliphatic rings. The fourth-order valence-electron chi connectivity index (χ4n) is 0.582. The maximum absolute atomic E-state index is 10.5. The lowest BCUT2D eigenvalue weighted by Crippen LogP contribution is -2.23. The van der Waals surface area contributed by atoms with Gasteiger partial charge >= 0.3 is 0 Å². The maximum atomic E-state index is 10.5. The topological polar surface area (TPSA) is 76.0 Å². The summed E-state index contributed by atoms with van der Waals surface area (Å²) in [5, 5.41) is 9.16. The maximum Gasteiger partial charge on any atom is 0.266 e. The van der Waals surface area contributed by atoms with Gasteiger partial charge in [0, 0.05) is 11.2 Å². The van der Waals surface area contributed by atoms with E-state index in [9.17, 15) is 4.21 Å². The van der Waals surface area contributed by atoms with Gasteiger partial charge in [0.15, 0.2) is 0 Å². The lowest BCUT2D eigenvalue weighted by molar-refractivity contribution is 0.0204. The summed E-state index contributed by atoms with van der Waals surface area (Å²) in [7, 11) is -3.66. The quantitative estimate of drug-likeness (QED) is 0.616. The van der Waals surface area contributed by atoms with Gasteiger partial charge in [-0.3, -0.25) is 8.74 Å². The fourth-order valence-corrected chi connectivity index (χ4v) is 1.08. The highest BCUT2D eigenvalue weighted by Gasteiger charge is 2.08. The van der Waals surface area contributed by atoms with Gasteiger partial charge in [0.1, 0.15) is 6.10 Å². The van der Waals surface area contributed by atoms with Crippen molar-refractivity contribution in [3.8, 4) is 0 Å². The zero-order chi connectivity index (χ0) is 11.2. The van der Waals surface area contributed by atoms with Crippen molar-refractivity contribution in [2.45, 2.75) is 13.0 Å². The van der Waals surface area contributed by atoms with E-state index in [2.05, 4.69) is 22.0 Å². The molecule has 14 heavy (non-hydrogen) atoms. The molecule has 0 fully saturated rings. The van der Waals surface area contributed by atoms with Crippen LogP contribution in [0.3, 0.4) is 0 Å². The summed E-state index contributed by atoms with van der Waals surface area (Å²) in [6, 6.07) is 0. The van der Waals surface area contributed by atoms with E-state index in [4.69, 9.17) is 14.4 Å². The Kier molecular flexibility index (Phi) is 6.41. The molecule has 84 valence electrons. The highest BCUT2D eigenvalue weighted by Crippen LogP contribution is 1.95. The molecule has 0 heterocycles. The molecule has 5 nitrogen and oxygen atoms in total. The Morgan fingerprint density at radius 2 is 2.21 bits per heavy atom. The van der Waals surface area contributed by atoms with Crippen LogP contribution in [0.5, 0.6) is 0 Å². The first-order chi connectivity index (χ1) is 6.31. The van der Waals surface area contributed by atoms with Crippen molar-refractivity contribution in [3.63, 3.8) is 0 Å². The summed E-state index contributed by atoms with van der Waals surface area (Å²) in [5.41, 5.74) is 0.826. The molecule has 2 unspecified atom stereocenters. The molecule has 0 aliphatic heterocycles. The van der Waals surface area contributed by atoms with Crippen LogP contribution < -0.4 is 0 Å². The van der Waals surface area contributed by atoms with Crippen molar-refractivity contribution in [2.75, 3.05) is 19.8 Å². The fraction of sp³-hybridized carbons (Fsp3) is 0.714. The van der Waals surface area contributed by atoms with Crippen LogP contribution in [0.2, 0.25) is 0 Å². The summed E-state index contributed by atoms with van der Waals surface area (Å²) in [6.07, 6.45) is -0.967. The molecule has 7 heteroatoms. The van der Waals surface area contributed by atoms with Crippen molar-refractivity contribution >= 4 is 20.2 Å². The third kappa shape index (κ3) is 10.0. The number of aliphatic hydroxyl groups is 1. The SMILES string of the molecule is C=C(C)COCC(O)COS(=O)(O)=S. The summed E-state index contributed by atoms with van der Waals surface area (Å²) in [5.74, 6) is 0. The molecule has 0 spiro atoms. The molecular formula is C7H14O5S2. The Labute approximate surface area is 88.4 Å². The number of aliphatic hydroxyl groups excluding tert-OH is 1. The average molecular weight is 242 g/mol. The van der Waals surface area contributed by atoms with Crippen molar-refractivity contribution < 1.29 is 22.8 Å². The molecule has 2 N–H and O–H groups in total. The van der Waals surface area contributed by atoms with Gasteiger partial charge in [-0.15, -0.1) is 0 Å². The van der Waals surface area contributed by atoms with Gasteiger partial charge in [0.05, 0.1) is 19.8 Å². The molecule has 2 atom stereocenters. The minimum Gasteiger partial charge on any atom is -0.388 e. The van der Waals surface area contributed by atoms with E-state index in [1.165, 1.54) is 0 Å². The van der Waals surface area contributed by atoms with E-state index in [1.54, 1.807) is 6.92 Å². The van der Waals surface area contributed by atoms with E-state index in [-0.39, 0.29) is 13.2 Å². The van der Waals surface area contributed by atoms with Crippen LogP contribution in [-0.2, 0) is 29.2 Å². The third-order valence-electron chi connectivity index (χ3n) is 1.07. The zero-order valence-corrected chi connectivity index (χ0v) is 9.47. The Morgan fingerprint density at radius 1 is 1.64 bits per heavy atom. The molecule has 0 amide bonds. The van der Waals surface area contributed by atoms with Crippen molar-refractivity contribution in [3.05, 3.63) is 12.2 Å². The van der Waals surface area contributed by atoms with E-state index >= 15 is 0 Å². The van der Waals surface area contributed by atoms with Crippen LogP contribution in [0.4, 0.5) is 0 Å². The standard InChI is InChI=1S/C7H14O5S2/c1-6(2)3-11-4-7(8)5-12-14(9,10)13/h7-8H,1,3-5H2,2H3,(H,9,10,13). The summed E-state index contributed by atoms with van der Waals surface area (Å²) in [4.78, 5) is 0. The second kappa shape index (κ2) is 6.44. The highest BCUT2D eigenvalue weighted by atomic mass is 32.9. The molecule has 0 saturated carbocycles. The Bertz CT molecular complexity index is 272. The predicted molar refractivity (Wildman–Crippen MR) is 55.7 cm³/mol. The number of hydrogen-bond acceptors (Lipinski definition) is 5. The third-order valence-corrected chi connectivity index (χ3v) is 1.79. The molecule has 0 aromatic carbocycles. The van der Waals surface area contributed by atoms with Crippen molar-refractivity contribution in [1.29, 1.82) is 0 Å². The number of rotatable bonds is 7. The summed E-state index contributed by atoms with van der Waals surface area (Å²) >= 11 is 4.05. The lowest BCUT2D eigenvalue weighted by atomic mass is 10.4. The Hall–Kier alpha value is -0.0500. The van der Waals surface area contributed by atoms with Crippen LogP contribution in [0.15, 0.2) is 12.2 Å². The predicted octanol–water partition coefficient (Wildman–Crippen LogP) is 0.0909. The average Bonchev–Trinajstić information content (AvgIpc) is 1.99. The molecule has 0 saturated heterocycles. The minimum absolute atomic E-state index is 0.0116. The Morgan fingerprint density at radius 3 is 2.64 bits per heavy atom. The van der Waals surface area contributed by atoms with Gasteiger partial charge in [-0.25, -0.2) is 0 Å². The molecule has 0 aromatic rings. The molecule has 0 aliphatic carbocycles. The normalized spacial score (nSPS) is 17.4. The smallest absolute Gasteiger partial charge is 0.266 e. The summed E-state index contributed by atoms with van der Waals surface area (Å²) < 4.78 is 28.3. The van der Waals surface area contributed by atoms with Gasteiger partial charge in [-0.1, -0.05) is 12.2 Å². The van der Waals surface area contributed by atoms with Gasteiger partial charge in [-0.2, -0.15) is 4.21 Å². The first-order valence-electron chi connectivity index (χ1n) is 3.83. The second-order valence-electron chi connectivity index (χ2n) is 2.84. The molecule has 0 aromatic heterocycles. The Balaban J connectivity index is 3.56. The van der Waals surface area contributed by atoms with Crippen LogP contribution in [0.1, 0.15) is 6.92 Å². The number of ether oxygens (including phenoxy) is 1. The van der Waals surface area contributed by atoms with E-state index < -0.39 is 15.2 Å². The van der Waals surface area contributed by atoms with Gasteiger partial charge in [0.25, 0.3) is 9.05 Å². The van der Waals surface area contributed by atoms with Gasteiger partial charge in [0.2, 0.25) is 0 Å². The monoisotopic (exact) mass is 242 g/mol. The zero-order valence-electron chi connectivity index (χ0n) is 7.84. The molecule has 0 bridgehead atoms. The molecule has 0 rings (SSSR count). The lowest BCUT2D eigenvalue weighted by Gasteiger charge is -2.10. The minimum atomic E-state index is -3.66. The van der Waals surface area contributed by atoms with Crippen LogP contribution in [-0.4, -0.2) is 39.8 Å². The summed E-state index contributed by atoms with van der Waals surface area (Å²) in [6.45, 7) is 5.40. The second-order valence-corrected chi connectivity index (χ2v) is 5.19. The van der Waals surface area contributed by atoms with Crippen LogP contribution >= 0.6 is 0 Å². The molecular weight excluding hydrogens is 228 g/mol. The first-order valence-corrected chi connectivity index (χ1v) is 6.20. The number of hydrogen-bond donors (Lipinski definition) is 2. The van der Waals surface area contributed by atoms with E-state index in [1.807, 2.05) is 0 Å². The van der Waals surface area contributed by atoms with Crippen LogP contribution in [0.25, 0.3) is 0 Å².